The highest BCUT2D eigenvalue weighted by molar-refractivity contribution is 6.04. The van der Waals surface area contributed by atoms with Crippen molar-refractivity contribution >= 4 is 11.9 Å². The van der Waals surface area contributed by atoms with Gasteiger partial charge < -0.3 is 14.7 Å². The molecule has 2 atom stereocenters. The van der Waals surface area contributed by atoms with Gasteiger partial charge in [0, 0.05) is 6.54 Å². The van der Waals surface area contributed by atoms with Crippen molar-refractivity contribution in [2.45, 2.75) is 26.0 Å². The Morgan fingerprint density at radius 3 is 2.53 bits per heavy atom. The van der Waals surface area contributed by atoms with Crippen LogP contribution in [0.3, 0.4) is 0 Å². The van der Waals surface area contributed by atoms with Gasteiger partial charge in [0.2, 0.25) is 0 Å². The van der Waals surface area contributed by atoms with Gasteiger partial charge in [0.1, 0.15) is 0 Å². The van der Waals surface area contributed by atoms with Crippen LogP contribution in [-0.4, -0.2) is 47.2 Å². The summed E-state index contributed by atoms with van der Waals surface area (Å²) in [6, 6.07) is 6.24. The summed E-state index contributed by atoms with van der Waals surface area (Å²) in [4.78, 5) is 25.3. The van der Waals surface area contributed by atoms with Crippen molar-refractivity contribution < 1.29 is 19.4 Å². The number of carboxylic acid groups (broad SMARTS) is 1. The minimum absolute atomic E-state index is 0.0304. The first-order valence-electron chi connectivity index (χ1n) is 6.25. The van der Waals surface area contributed by atoms with Gasteiger partial charge in [-0.25, -0.2) is 4.79 Å². The molecule has 0 aromatic heterocycles. The summed E-state index contributed by atoms with van der Waals surface area (Å²) in [6.07, 6.45) is -0.0304. The third-order valence-electron chi connectivity index (χ3n) is 3.26. The maximum atomic E-state index is 12.5. The Hall–Kier alpha value is -1.88. The number of morpholine rings is 1. The zero-order valence-electron chi connectivity index (χ0n) is 11.0. The predicted molar refractivity (Wildman–Crippen MR) is 69.3 cm³/mol. The second-order valence-corrected chi connectivity index (χ2v) is 4.80. The summed E-state index contributed by atoms with van der Waals surface area (Å²) in [6.45, 7) is 4.75. The second-order valence-electron chi connectivity index (χ2n) is 4.80. The fourth-order valence-electron chi connectivity index (χ4n) is 2.20. The molecule has 2 unspecified atom stereocenters. The Bertz CT molecular complexity index is 500. The summed E-state index contributed by atoms with van der Waals surface area (Å²) >= 11 is 0. The summed E-state index contributed by atoms with van der Waals surface area (Å²) in [5, 5.41) is 9.14. The van der Waals surface area contributed by atoms with Crippen LogP contribution < -0.4 is 0 Å². The zero-order valence-corrected chi connectivity index (χ0v) is 11.0. The Morgan fingerprint density at radius 1 is 1.26 bits per heavy atom. The molecule has 0 spiro atoms. The van der Waals surface area contributed by atoms with Crippen molar-refractivity contribution in [2.24, 2.45) is 0 Å². The van der Waals surface area contributed by atoms with Crippen molar-refractivity contribution in [3.05, 3.63) is 35.4 Å². The van der Waals surface area contributed by atoms with Gasteiger partial charge in [-0.05, 0) is 26.0 Å². The fraction of sp³-hybridized carbons (Fsp3) is 0.429. The number of amides is 1. The number of rotatable bonds is 2. The number of carbonyl (C=O) groups is 2. The Balaban J connectivity index is 2.31. The molecule has 1 heterocycles. The fourth-order valence-corrected chi connectivity index (χ4v) is 2.20. The van der Waals surface area contributed by atoms with Crippen LogP contribution in [-0.2, 0) is 4.74 Å². The van der Waals surface area contributed by atoms with Gasteiger partial charge in [0.05, 0.1) is 29.9 Å². The van der Waals surface area contributed by atoms with Crippen molar-refractivity contribution in [1.82, 2.24) is 4.90 Å². The first kappa shape index (κ1) is 13.5. The molecule has 1 aromatic rings. The number of aromatic carboxylic acids is 1. The van der Waals surface area contributed by atoms with Gasteiger partial charge in [-0.15, -0.1) is 0 Å². The molecule has 0 aliphatic carbocycles. The number of nitrogens with zero attached hydrogens (tertiary/aromatic N) is 1. The lowest BCUT2D eigenvalue weighted by Gasteiger charge is -2.37. The van der Waals surface area contributed by atoms with Gasteiger partial charge >= 0.3 is 5.97 Å². The summed E-state index contributed by atoms with van der Waals surface area (Å²) in [5.41, 5.74) is 0.273. The summed E-state index contributed by atoms with van der Waals surface area (Å²) in [7, 11) is 0. The molecule has 1 aliphatic heterocycles. The monoisotopic (exact) mass is 263 g/mol. The molecule has 1 N–H and O–H groups in total. The molecular weight excluding hydrogens is 246 g/mol. The Labute approximate surface area is 111 Å². The first-order chi connectivity index (χ1) is 9.00. The summed E-state index contributed by atoms with van der Waals surface area (Å²) < 4.78 is 5.47. The maximum Gasteiger partial charge on any atom is 0.336 e. The van der Waals surface area contributed by atoms with Crippen LogP contribution >= 0.6 is 0 Å². The van der Waals surface area contributed by atoms with Crippen LogP contribution in [0.2, 0.25) is 0 Å². The van der Waals surface area contributed by atoms with E-state index >= 15 is 0 Å². The van der Waals surface area contributed by atoms with Crippen LogP contribution in [0, 0.1) is 0 Å². The van der Waals surface area contributed by atoms with E-state index in [4.69, 9.17) is 9.84 Å². The minimum Gasteiger partial charge on any atom is -0.478 e. The number of carbonyl (C=O) groups excluding carboxylic acids is 1. The van der Waals surface area contributed by atoms with E-state index in [-0.39, 0.29) is 29.2 Å². The standard InChI is InChI=1S/C14H17NO4/c1-9-8-19-10(2)7-15(9)13(16)11-5-3-4-6-12(11)14(17)18/h3-6,9-10H,7-8H2,1-2H3,(H,17,18). The molecular formula is C14H17NO4. The third kappa shape index (κ3) is 2.76. The molecule has 5 nitrogen and oxygen atoms in total. The SMILES string of the molecule is CC1CN(C(=O)c2ccccc2C(=O)O)C(C)CO1. The van der Waals surface area contributed by atoms with Crippen molar-refractivity contribution in [1.29, 1.82) is 0 Å². The average molecular weight is 263 g/mol. The third-order valence-corrected chi connectivity index (χ3v) is 3.26. The highest BCUT2D eigenvalue weighted by atomic mass is 16.5. The molecule has 1 aliphatic rings. The predicted octanol–water partition coefficient (Wildman–Crippen LogP) is 1.63. The van der Waals surface area contributed by atoms with E-state index in [9.17, 15) is 9.59 Å². The van der Waals surface area contributed by atoms with E-state index in [2.05, 4.69) is 0 Å². The van der Waals surface area contributed by atoms with Gasteiger partial charge in [-0.1, -0.05) is 12.1 Å². The normalized spacial score (nSPS) is 23.2. The quantitative estimate of drug-likeness (QED) is 0.880. The van der Waals surface area contributed by atoms with Crippen LogP contribution in [0.4, 0.5) is 0 Å². The molecule has 1 saturated heterocycles. The Kier molecular flexibility index (Phi) is 3.85. The molecule has 102 valence electrons. The zero-order chi connectivity index (χ0) is 14.0. The highest BCUT2D eigenvalue weighted by Crippen LogP contribution is 2.18. The molecule has 0 radical (unpaired) electrons. The van der Waals surface area contributed by atoms with E-state index in [1.54, 1.807) is 23.1 Å². The number of carboxylic acids is 1. The summed E-state index contributed by atoms with van der Waals surface area (Å²) in [5.74, 6) is -1.33. The minimum atomic E-state index is -1.09. The number of hydrogen-bond acceptors (Lipinski definition) is 3. The van der Waals surface area contributed by atoms with E-state index in [1.807, 2.05) is 13.8 Å². The van der Waals surface area contributed by atoms with E-state index in [0.29, 0.717) is 13.2 Å². The number of benzene rings is 1. The molecule has 1 aromatic carbocycles. The average Bonchev–Trinajstić information content (AvgIpc) is 2.40. The highest BCUT2D eigenvalue weighted by Gasteiger charge is 2.30. The van der Waals surface area contributed by atoms with Gasteiger partial charge in [0.25, 0.3) is 5.91 Å². The van der Waals surface area contributed by atoms with E-state index in [1.165, 1.54) is 6.07 Å². The molecule has 5 heteroatoms. The lowest BCUT2D eigenvalue weighted by atomic mass is 10.0. The maximum absolute atomic E-state index is 12.5. The van der Waals surface area contributed by atoms with Crippen LogP contribution in [0.15, 0.2) is 24.3 Å². The lowest BCUT2D eigenvalue weighted by Crippen LogP contribution is -2.50. The molecule has 0 bridgehead atoms. The van der Waals surface area contributed by atoms with Crippen molar-refractivity contribution in [2.75, 3.05) is 13.2 Å². The van der Waals surface area contributed by atoms with Crippen LogP contribution in [0.25, 0.3) is 0 Å². The van der Waals surface area contributed by atoms with Gasteiger partial charge in [-0.2, -0.15) is 0 Å². The second kappa shape index (κ2) is 5.40. The van der Waals surface area contributed by atoms with Gasteiger partial charge in [0.15, 0.2) is 0 Å². The van der Waals surface area contributed by atoms with Crippen LogP contribution in [0.5, 0.6) is 0 Å². The largest absolute Gasteiger partial charge is 0.478 e. The van der Waals surface area contributed by atoms with E-state index < -0.39 is 5.97 Å². The molecule has 1 fully saturated rings. The molecule has 19 heavy (non-hydrogen) atoms. The lowest BCUT2D eigenvalue weighted by molar-refractivity contribution is -0.0387. The number of hydrogen-bond donors (Lipinski definition) is 1. The first-order valence-corrected chi connectivity index (χ1v) is 6.25. The molecule has 2 rings (SSSR count). The van der Waals surface area contributed by atoms with Gasteiger partial charge in [-0.3, -0.25) is 4.79 Å². The topological polar surface area (TPSA) is 66.8 Å². The van der Waals surface area contributed by atoms with Crippen LogP contribution in [0.1, 0.15) is 34.6 Å². The molecule has 0 saturated carbocycles. The van der Waals surface area contributed by atoms with Crippen molar-refractivity contribution in [3.63, 3.8) is 0 Å². The molecule has 1 amide bonds. The Morgan fingerprint density at radius 2 is 1.89 bits per heavy atom. The smallest absolute Gasteiger partial charge is 0.336 e. The van der Waals surface area contributed by atoms with Crippen molar-refractivity contribution in [3.8, 4) is 0 Å². The van der Waals surface area contributed by atoms with E-state index in [0.717, 1.165) is 0 Å². The number of ether oxygens (including phenoxy) is 1.